The lowest BCUT2D eigenvalue weighted by molar-refractivity contribution is 0.0874. The summed E-state index contributed by atoms with van der Waals surface area (Å²) in [4.78, 5) is 12.2. The van der Waals surface area contributed by atoms with Crippen molar-refractivity contribution < 1.29 is 18.7 Å². The Hall–Kier alpha value is -1.81. The number of rotatable bonds is 3. The summed E-state index contributed by atoms with van der Waals surface area (Å²) in [7, 11) is 1.60. The molecule has 0 spiro atoms. The molecule has 0 bridgehead atoms. The number of carbonyl (C=O) groups is 1. The summed E-state index contributed by atoms with van der Waals surface area (Å²) in [5.74, 6) is 1.10. The molecule has 2 heterocycles. The van der Waals surface area contributed by atoms with Crippen molar-refractivity contribution in [2.24, 2.45) is 5.92 Å². The fourth-order valence-electron chi connectivity index (χ4n) is 2.20. The van der Waals surface area contributed by atoms with Crippen LogP contribution in [0.1, 0.15) is 17.0 Å². The third-order valence-electron chi connectivity index (χ3n) is 3.27. The number of carbonyl (C=O) groups excluding carboxylic acids is 1. The third kappa shape index (κ3) is 1.88. The molecule has 0 saturated carbocycles. The van der Waals surface area contributed by atoms with Crippen molar-refractivity contribution in [3.63, 3.8) is 0 Å². The van der Waals surface area contributed by atoms with Crippen LogP contribution in [0.2, 0.25) is 0 Å². The molecule has 1 aromatic carbocycles. The molecule has 0 amide bonds. The molecule has 0 aliphatic carbocycles. The summed E-state index contributed by atoms with van der Waals surface area (Å²) in [6, 6.07) is 7.32. The van der Waals surface area contributed by atoms with Crippen LogP contribution < -0.4 is 4.74 Å². The SMILES string of the molecule is COc1ccc2cc(C(=O)C3CCOC3)oc2c1. The average Bonchev–Trinajstić information content (AvgIpc) is 3.05. The normalized spacial score (nSPS) is 19.3. The lowest BCUT2D eigenvalue weighted by atomic mass is 10.0. The topological polar surface area (TPSA) is 48.7 Å². The molecule has 1 aliphatic heterocycles. The van der Waals surface area contributed by atoms with Crippen LogP contribution in [-0.2, 0) is 4.74 Å². The monoisotopic (exact) mass is 246 g/mol. The number of methoxy groups -OCH3 is 1. The Labute approximate surface area is 104 Å². The van der Waals surface area contributed by atoms with Gasteiger partial charge in [0.05, 0.1) is 19.6 Å². The average molecular weight is 246 g/mol. The van der Waals surface area contributed by atoms with Crippen molar-refractivity contribution in [1.82, 2.24) is 0 Å². The Morgan fingerprint density at radius 3 is 3.00 bits per heavy atom. The molecule has 2 aromatic rings. The molecule has 1 aromatic heterocycles. The first kappa shape index (κ1) is 11.3. The maximum absolute atomic E-state index is 12.2. The van der Waals surface area contributed by atoms with Crippen molar-refractivity contribution >= 4 is 16.8 Å². The maximum Gasteiger partial charge on any atom is 0.203 e. The molecule has 1 saturated heterocycles. The predicted molar refractivity (Wildman–Crippen MR) is 66.0 cm³/mol. The van der Waals surface area contributed by atoms with Gasteiger partial charge in [-0.25, -0.2) is 0 Å². The van der Waals surface area contributed by atoms with E-state index in [1.807, 2.05) is 12.1 Å². The number of benzene rings is 1. The predicted octanol–water partition coefficient (Wildman–Crippen LogP) is 2.66. The van der Waals surface area contributed by atoms with E-state index in [2.05, 4.69) is 0 Å². The molecular formula is C14H14O4. The molecule has 0 radical (unpaired) electrons. The van der Waals surface area contributed by atoms with Crippen LogP contribution in [0, 0.1) is 5.92 Å². The highest BCUT2D eigenvalue weighted by Gasteiger charge is 2.27. The zero-order valence-electron chi connectivity index (χ0n) is 10.1. The second-order valence-electron chi connectivity index (χ2n) is 4.44. The molecule has 1 aliphatic rings. The Balaban J connectivity index is 1.94. The minimum Gasteiger partial charge on any atom is -0.497 e. The standard InChI is InChI=1S/C14H14O4/c1-16-11-3-2-9-6-13(18-12(9)7-11)14(15)10-4-5-17-8-10/h2-3,6-7,10H,4-5,8H2,1H3. The second-order valence-corrected chi connectivity index (χ2v) is 4.44. The van der Waals surface area contributed by atoms with Gasteiger partial charge in [0.15, 0.2) is 5.76 Å². The third-order valence-corrected chi connectivity index (χ3v) is 3.27. The molecule has 3 rings (SSSR count). The summed E-state index contributed by atoms with van der Waals surface area (Å²) in [5.41, 5.74) is 0.677. The van der Waals surface area contributed by atoms with Crippen LogP contribution in [0.5, 0.6) is 5.75 Å². The van der Waals surface area contributed by atoms with E-state index in [0.29, 0.717) is 24.6 Å². The van der Waals surface area contributed by atoms with E-state index in [-0.39, 0.29) is 11.7 Å². The number of fused-ring (bicyclic) bond motifs is 1. The van der Waals surface area contributed by atoms with Crippen molar-refractivity contribution in [2.75, 3.05) is 20.3 Å². The van der Waals surface area contributed by atoms with E-state index in [1.54, 1.807) is 19.2 Å². The first-order chi connectivity index (χ1) is 8.78. The molecule has 94 valence electrons. The maximum atomic E-state index is 12.2. The summed E-state index contributed by atoms with van der Waals surface area (Å²) in [5, 5.41) is 0.915. The van der Waals surface area contributed by atoms with Crippen LogP contribution in [-0.4, -0.2) is 26.1 Å². The highest BCUT2D eigenvalue weighted by Crippen LogP contribution is 2.27. The minimum atomic E-state index is -0.0625. The van der Waals surface area contributed by atoms with Crippen LogP contribution in [0.25, 0.3) is 11.0 Å². The minimum absolute atomic E-state index is 0.0302. The zero-order valence-corrected chi connectivity index (χ0v) is 10.1. The first-order valence-corrected chi connectivity index (χ1v) is 5.97. The van der Waals surface area contributed by atoms with Crippen molar-refractivity contribution in [3.8, 4) is 5.75 Å². The summed E-state index contributed by atoms with van der Waals surface area (Å²) >= 11 is 0. The van der Waals surface area contributed by atoms with Gasteiger partial charge in [0, 0.05) is 18.1 Å². The summed E-state index contributed by atoms with van der Waals surface area (Å²) < 4.78 is 16.0. The number of Topliss-reactive ketones (excluding diaryl/α,β-unsaturated/α-hetero) is 1. The quantitative estimate of drug-likeness (QED) is 0.781. The molecule has 0 N–H and O–H groups in total. The highest BCUT2D eigenvalue weighted by atomic mass is 16.5. The van der Waals surface area contributed by atoms with Crippen molar-refractivity contribution in [2.45, 2.75) is 6.42 Å². The van der Waals surface area contributed by atoms with Crippen molar-refractivity contribution in [3.05, 3.63) is 30.0 Å². The zero-order chi connectivity index (χ0) is 12.5. The molecule has 18 heavy (non-hydrogen) atoms. The Morgan fingerprint density at radius 1 is 1.39 bits per heavy atom. The fraction of sp³-hybridized carbons (Fsp3) is 0.357. The van der Waals surface area contributed by atoms with E-state index in [0.717, 1.165) is 17.6 Å². The first-order valence-electron chi connectivity index (χ1n) is 5.97. The molecule has 1 atom stereocenters. The molecule has 4 nitrogen and oxygen atoms in total. The second kappa shape index (κ2) is 4.46. The largest absolute Gasteiger partial charge is 0.497 e. The number of hydrogen-bond acceptors (Lipinski definition) is 4. The van der Waals surface area contributed by atoms with Gasteiger partial charge in [0.25, 0.3) is 0 Å². The van der Waals surface area contributed by atoms with E-state index in [1.165, 1.54) is 0 Å². The van der Waals surface area contributed by atoms with Crippen LogP contribution >= 0.6 is 0 Å². The number of ketones is 1. The van der Waals surface area contributed by atoms with Gasteiger partial charge in [0.1, 0.15) is 11.3 Å². The van der Waals surface area contributed by atoms with Crippen molar-refractivity contribution in [1.29, 1.82) is 0 Å². The molecule has 1 fully saturated rings. The van der Waals surface area contributed by atoms with Crippen LogP contribution in [0.3, 0.4) is 0 Å². The Bertz CT molecular complexity index is 578. The lowest BCUT2D eigenvalue weighted by Gasteiger charge is -2.02. The van der Waals surface area contributed by atoms with Gasteiger partial charge >= 0.3 is 0 Å². The Kier molecular flexibility index (Phi) is 2.80. The molecule has 4 heteroatoms. The molecular weight excluding hydrogens is 232 g/mol. The van der Waals surface area contributed by atoms with Crippen LogP contribution in [0.15, 0.2) is 28.7 Å². The number of hydrogen-bond donors (Lipinski definition) is 0. The summed E-state index contributed by atoms with van der Waals surface area (Å²) in [6.07, 6.45) is 0.777. The van der Waals surface area contributed by atoms with Crippen LogP contribution in [0.4, 0.5) is 0 Å². The van der Waals surface area contributed by atoms with Gasteiger partial charge < -0.3 is 13.9 Å². The van der Waals surface area contributed by atoms with E-state index in [9.17, 15) is 4.79 Å². The van der Waals surface area contributed by atoms with Gasteiger partial charge in [-0.05, 0) is 24.6 Å². The highest BCUT2D eigenvalue weighted by molar-refractivity contribution is 5.99. The van der Waals surface area contributed by atoms with Gasteiger partial charge in [-0.3, -0.25) is 4.79 Å². The summed E-state index contributed by atoms with van der Waals surface area (Å²) in [6.45, 7) is 1.16. The van der Waals surface area contributed by atoms with Gasteiger partial charge in [0.2, 0.25) is 5.78 Å². The van der Waals surface area contributed by atoms with E-state index < -0.39 is 0 Å². The number of ether oxygens (including phenoxy) is 2. The van der Waals surface area contributed by atoms with E-state index in [4.69, 9.17) is 13.9 Å². The number of furan rings is 1. The lowest BCUT2D eigenvalue weighted by Crippen LogP contribution is -2.13. The van der Waals surface area contributed by atoms with Gasteiger partial charge in [-0.1, -0.05) is 0 Å². The molecule has 1 unspecified atom stereocenters. The smallest absolute Gasteiger partial charge is 0.203 e. The van der Waals surface area contributed by atoms with Gasteiger partial charge in [-0.2, -0.15) is 0 Å². The van der Waals surface area contributed by atoms with Gasteiger partial charge in [-0.15, -0.1) is 0 Å². The fourth-order valence-corrected chi connectivity index (χ4v) is 2.20. The Morgan fingerprint density at radius 2 is 2.28 bits per heavy atom. The van der Waals surface area contributed by atoms with E-state index >= 15 is 0 Å².